The van der Waals surface area contributed by atoms with Gasteiger partial charge in [-0.05, 0) is 67.0 Å². The maximum Gasteiger partial charge on any atom is 0.253 e. The summed E-state index contributed by atoms with van der Waals surface area (Å²) >= 11 is 7.33. The van der Waals surface area contributed by atoms with Gasteiger partial charge < -0.3 is 19.9 Å². The zero-order valence-electron chi connectivity index (χ0n) is 17.1. The topological polar surface area (TPSA) is 57.4 Å². The summed E-state index contributed by atoms with van der Waals surface area (Å²) in [6.07, 6.45) is 0.874. The van der Waals surface area contributed by atoms with Crippen LogP contribution in [-0.2, 0) is 17.8 Å². The van der Waals surface area contributed by atoms with Crippen molar-refractivity contribution in [1.82, 2.24) is 15.2 Å². The molecule has 3 aromatic rings. The van der Waals surface area contributed by atoms with E-state index in [9.17, 15) is 4.79 Å². The number of thiophene rings is 1. The average Bonchev–Trinajstić information content (AvgIpc) is 3.19. The van der Waals surface area contributed by atoms with E-state index in [0.29, 0.717) is 30.4 Å². The number of pyridine rings is 1. The van der Waals surface area contributed by atoms with Gasteiger partial charge in [0.2, 0.25) is 0 Å². The first-order valence-corrected chi connectivity index (χ1v) is 10.9. The highest BCUT2D eigenvalue weighted by atomic mass is 32.1. The highest BCUT2D eigenvalue weighted by Gasteiger charge is 2.15. The molecule has 0 radical (unpaired) electrons. The summed E-state index contributed by atoms with van der Waals surface area (Å²) in [5.41, 5.74) is 3.80. The van der Waals surface area contributed by atoms with Gasteiger partial charge >= 0.3 is 0 Å². The van der Waals surface area contributed by atoms with E-state index in [1.165, 1.54) is 10.4 Å². The number of hydrogen-bond donors (Lipinski definition) is 2. The fraction of sp³-hybridized carbons (Fsp3) is 0.364. The lowest BCUT2D eigenvalue weighted by Gasteiger charge is -2.25. The van der Waals surface area contributed by atoms with E-state index in [-0.39, 0.29) is 5.56 Å². The average molecular weight is 430 g/mol. The van der Waals surface area contributed by atoms with Crippen molar-refractivity contribution in [1.29, 1.82) is 0 Å². The van der Waals surface area contributed by atoms with Crippen molar-refractivity contribution >= 4 is 39.6 Å². The first-order valence-electron chi connectivity index (χ1n) is 9.65. The molecule has 0 atom stereocenters. The highest BCUT2D eigenvalue weighted by Crippen LogP contribution is 2.19. The maximum atomic E-state index is 12.8. The largest absolute Gasteiger partial charge is 0.385 e. The summed E-state index contributed by atoms with van der Waals surface area (Å²) in [4.78, 5) is 19.1. The number of H-pyrrole nitrogens is 1. The van der Waals surface area contributed by atoms with Crippen LogP contribution >= 0.6 is 23.6 Å². The van der Waals surface area contributed by atoms with Gasteiger partial charge in [-0.1, -0.05) is 17.7 Å². The second kappa shape index (κ2) is 10.0. The molecule has 7 heteroatoms. The van der Waals surface area contributed by atoms with Crippen molar-refractivity contribution < 1.29 is 4.74 Å². The Labute approximate surface area is 180 Å². The van der Waals surface area contributed by atoms with Crippen LogP contribution < -0.4 is 10.9 Å². The molecule has 0 amide bonds. The SMILES string of the molecule is COCCCNC(=S)N(Cc1cccs1)Cc1cc2cc(C)cc(C)c2[nH]c1=O. The lowest BCUT2D eigenvalue weighted by atomic mass is 10.1. The number of aryl methyl sites for hydroxylation is 2. The minimum atomic E-state index is -0.0668. The van der Waals surface area contributed by atoms with Gasteiger partial charge in [0.25, 0.3) is 5.56 Å². The number of rotatable bonds is 8. The van der Waals surface area contributed by atoms with Gasteiger partial charge in [0.15, 0.2) is 5.11 Å². The predicted octanol–water partition coefficient (Wildman–Crippen LogP) is 4.12. The molecule has 1 aromatic carbocycles. The first-order chi connectivity index (χ1) is 14.0. The molecule has 0 spiro atoms. The molecule has 0 aliphatic rings. The molecule has 3 rings (SSSR count). The van der Waals surface area contributed by atoms with Crippen LogP contribution in [0, 0.1) is 13.8 Å². The second-order valence-corrected chi connectivity index (χ2v) is 8.60. The summed E-state index contributed by atoms with van der Waals surface area (Å²) in [6, 6.07) is 10.3. The third-order valence-electron chi connectivity index (χ3n) is 4.75. The van der Waals surface area contributed by atoms with Gasteiger partial charge in [-0.3, -0.25) is 4.79 Å². The molecular formula is C22H27N3O2S2. The Morgan fingerprint density at radius 3 is 2.83 bits per heavy atom. The second-order valence-electron chi connectivity index (χ2n) is 7.18. The third kappa shape index (κ3) is 5.65. The molecule has 2 heterocycles. The van der Waals surface area contributed by atoms with Crippen LogP contribution in [0.4, 0.5) is 0 Å². The Morgan fingerprint density at radius 2 is 2.10 bits per heavy atom. The van der Waals surface area contributed by atoms with E-state index in [1.807, 2.05) is 24.0 Å². The summed E-state index contributed by atoms with van der Waals surface area (Å²) in [5.74, 6) is 0. The van der Waals surface area contributed by atoms with Crippen LogP contribution in [0.3, 0.4) is 0 Å². The maximum absolute atomic E-state index is 12.8. The number of methoxy groups -OCH3 is 1. The molecule has 5 nitrogen and oxygen atoms in total. The van der Waals surface area contributed by atoms with Crippen LogP contribution in [0.25, 0.3) is 10.9 Å². The van der Waals surface area contributed by atoms with Crippen molar-refractivity contribution in [3.05, 3.63) is 67.6 Å². The summed E-state index contributed by atoms with van der Waals surface area (Å²) in [5, 5.41) is 7.04. The van der Waals surface area contributed by atoms with Gasteiger partial charge in [-0.25, -0.2) is 0 Å². The van der Waals surface area contributed by atoms with Crippen molar-refractivity contribution in [2.75, 3.05) is 20.3 Å². The molecule has 0 saturated heterocycles. The van der Waals surface area contributed by atoms with Crippen molar-refractivity contribution in [3.63, 3.8) is 0 Å². The molecule has 0 fully saturated rings. The Bertz CT molecular complexity index is 1030. The number of ether oxygens (including phenoxy) is 1. The van der Waals surface area contributed by atoms with Crippen molar-refractivity contribution in [2.24, 2.45) is 0 Å². The fourth-order valence-corrected chi connectivity index (χ4v) is 4.32. The Hall–Kier alpha value is -2.22. The van der Waals surface area contributed by atoms with Crippen molar-refractivity contribution in [2.45, 2.75) is 33.4 Å². The number of nitrogens with one attached hydrogen (secondary N) is 2. The van der Waals surface area contributed by atoms with Gasteiger partial charge in [0.1, 0.15) is 0 Å². The zero-order valence-corrected chi connectivity index (χ0v) is 18.7. The molecule has 0 unspecified atom stereocenters. The highest BCUT2D eigenvalue weighted by molar-refractivity contribution is 7.80. The van der Waals surface area contributed by atoms with E-state index < -0.39 is 0 Å². The third-order valence-corrected chi connectivity index (χ3v) is 6.01. The van der Waals surface area contributed by atoms with E-state index in [4.69, 9.17) is 17.0 Å². The number of aromatic nitrogens is 1. The number of nitrogens with zero attached hydrogens (tertiary/aromatic N) is 1. The monoisotopic (exact) mass is 429 g/mol. The summed E-state index contributed by atoms with van der Waals surface area (Å²) in [6.45, 7) is 6.63. The molecule has 0 aliphatic heterocycles. The van der Waals surface area contributed by atoms with Gasteiger partial charge in [-0.15, -0.1) is 11.3 Å². The number of fused-ring (bicyclic) bond motifs is 1. The lowest BCUT2D eigenvalue weighted by Crippen LogP contribution is -2.40. The smallest absolute Gasteiger partial charge is 0.253 e. The summed E-state index contributed by atoms with van der Waals surface area (Å²) in [7, 11) is 1.69. The normalized spacial score (nSPS) is 11.0. The van der Waals surface area contributed by atoms with E-state index >= 15 is 0 Å². The van der Waals surface area contributed by atoms with Gasteiger partial charge in [0, 0.05) is 30.7 Å². The molecule has 2 aromatic heterocycles. The number of thiocarbonyl (C=S) groups is 1. The van der Waals surface area contributed by atoms with Crippen LogP contribution in [0.1, 0.15) is 28.0 Å². The zero-order chi connectivity index (χ0) is 20.8. The number of benzene rings is 1. The van der Waals surface area contributed by atoms with E-state index in [2.05, 4.69) is 40.8 Å². The molecule has 29 heavy (non-hydrogen) atoms. The molecule has 154 valence electrons. The van der Waals surface area contributed by atoms with E-state index in [1.54, 1.807) is 18.4 Å². The quantitative estimate of drug-likeness (QED) is 0.417. The minimum Gasteiger partial charge on any atom is -0.385 e. The lowest BCUT2D eigenvalue weighted by molar-refractivity contribution is 0.195. The Kier molecular flexibility index (Phi) is 7.41. The molecular weight excluding hydrogens is 402 g/mol. The van der Waals surface area contributed by atoms with Gasteiger partial charge in [-0.2, -0.15) is 0 Å². The van der Waals surface area contributed by atoms with Crippen LogP contribution in [-0.4, -0.2) is 35.3 Å². The van der Waals surface area contributed by atoms with Gasteiger partial charge in [0.05, 0.1) is 18.6 Å². The number of aromatic amines is 1. The predicted molar refractivity (Wildman–Crippen MR) is 125 cm³/mol. The Balaban J connectivity index is 1.85. The van der Waals surface area contributed by atoms with Crippen molar-refractivity contribution in [3.8, 4) is 0 Å². The van der Waals surface area contributed by atoms with Crippen LogP contribution in [0.15, 0.2) is 40.5 Å². The van der Waals surface area contributed by atoms with E-state index in [0.717, 1.165) is 29.4 Å². The van der Waals surface area contributed by atoms with Crippen LogP contribution in [0.5, 0.6) is 0 Å². The Morgan fingerprint density at radius 1 is 1.28 bits per heavy atom. The van der Waals surface area contributed by atoms with Crippen LogP contribution in [0.2, 0.25) is 0 Å². The molecule has 2 N–H and O–H groups in total. The first kappa shape index (κ1) is 21.5. The molecule has 0 bridgehead atoms. The molecule has 0 aliphatic carbocycles. The number of hydrogen-bond acceptors (Lipinski definition) is 4. The summed E-state index contributed by atoms with van der Waals surface area (Å²) < 4.78 is 5.10. The standard InChI is InChI=1S/C22H27N3O2S2/c1-15-10-16(2)20-17(11-15)12-18(21(26)24-20)13-25(14-19-6-4-9-29-19)22(28)23-7-5-8-27-3/h4,6,9-12H,5,7-8,13-14H2,1-3H3,(H,23,28)(H,24,26). The minimum absolute atomic E-state index is 0.0668. The fourth-order valence-electron chi connectivity index (χ4n) is 3.37. The molecule has 0 saturated carbocycles.